The monoisotopic (exact) mass is 467 g/mol. The Morgan fingerprint density at radius 2 is 2.14 bits per heavy atom. The number of aromatic hydroxyl groups is 1. The van der Waals surface area contributed by atoms with Crippen molar-refractivity contribution >= 4 is 44.8 Å². The van der Waals surface area contributed by atoms with Gasteiger partial charge in [0.2, 0.25) is 5.91 Å². The second-order valence-corrected chi connectivity index (χ2v) is 7.60. The van der Waals surface area contributed by atoms with Crippen molar-refractivity contribution in [3.63, 3.8) is 0 Å². The van der Waals surface area contributed by atoms with Crippen LogP contribution in [0.25, 0.3) is 11.0 Å². The van der Waals surface area contributed by atoms with Gasteiger partial charge in [-0.3, -0.25) is 14.7 Å². The predicted octanol–water partition coefficient (Wildman–Crippen LogP) is 1.52. The van der Waals surface area contributed by atoms with E-state index in [1.54, 1.807) is 12.1 Å². The summed E-state index contributed by atoms with van der Waals surface area (Å²) in [6.45, 7) is 0.423. The summed E-state index contributed by atoms with van der Waals surface area (Å²) in [6, 6.07) is 2.38. The van der Waals surface area contributed by atoms with Crippen LogP contribution in [-0.2, 0) is 4.79 Å². The maximum absolute atomic E-state index is 12.5. The number of aliphatic hydroxyl groups excluding tert-OH is 1. The summed E-state index contributed by atoms with van der Waals surface area (Å²) in [5.41, 5.74) is 0.878. The summed E-state index contributed by atoms with van der Waals surface area (Å²) in [5.74, 6) is 0.0260. The van der Waals surface area contributed by atoms with Crippen LogP contribution in [0.2, 0.25) is 0 Å². The van der Waals surface area contributed by atoms with Crippen LogP contribution >= 0.6 is 15.9 Å². The molecule has 0 aliphatic carbocycles. The first kappa shape index (κ1) is 21.1. The number of nitrogens with zero attached hydrogens (tertiary/aromatic N) is 3. The van der Waals surface area contributed by atoms with E-state index in [1.807, 2.05) is 0 Å². The van der Waals surface area contributed by atoms with Crippen molar-refractivity contribution in [1.29, 1.82) is 0 Å². The molecule has 0 saturated carbocycles. The first-order valence-electron chi connectivity index (χ1n) is 9.19. The molecule has 1 unspecified atom stereocenters. The molecule has 10 nitrogen and oxygen atoms in total. The van der Waals surface area contributed by atoms with Gasteiger partial charge in [-0.25, -0.2) is 9.78 Å². The number of fused-ring (bicyclic) bond motifs is 1. The molecular weight excluding hydrogens is 446 g/mol. The van der Waals surface area contributed by atoms with E-state index in [0.717, 1.165) is 4.90 Å². The van der Waals surface area contributed by atoms with Crippen molar-refractivity contribution in [3.05, 3.63) is 22.8 Å². The number of benzene rings is 1. The van der Waals surface area contributed by atoms with Gasteiger partial charge in [0.25, 0.3) is 0 Å². The third-order valence-corrected chi connectivity index (χ3v) is 5.42. The molecule has 2 heterocycles. The minimum Gasteiger partial charge on any atom is -0.504 e. The van der Waals surface area contributed by atoms with Crippen LogP contribution in [-0.4, -0.2) is 74.0 Å². The van der Waals surface area contributed by atoms with Gasteiger partial charge >= 0.3 is 6.09 Å². The number of likely N-dealkylation sites (tertiary alicyclic amines) is 1. The number of nitrogens with one attached hydrogen (secondary N) is 2. The standard InChI is InChI=1S/C18H22BrN5O5/c19-11-2-3-12-15(16(11)26)23-14(9-21-12)22-10-4-6-24(18(28)29)13(8-10)17(27)20-5-1-7-25/h2-3,9-10,13,25-26H,1,4-8H2,(H,20,27)(H,22,23)(H,28,29)/t10?,13-/m0/s1. The van der Waals surface area contributed by atoms with Crippen molar-refractivity contribution in [2.24, 2.45) is 0 Å². The Morgan fingerprint density at radius 3 is 2.86 bits per heavy atom. The Morgan fingerprint density at radius 1 is 1.34 bits per heavy atom. The van der Waals surface area contributed by atoms with E-state index < -0.39 is 18.0 Å². The minimum absolute atomic E-state index is 0.0134. The zero-order valence-corrected chi connectivity index (χ0v) is 17.1. The van der Waals surface area contributed by atoms with Gasteiger partial charge in [0.05, 0.1) is 16.2 Å². The zero-order valence-electron chi connectivity index (χ0n) is 15.5. The average molecular weight is 468 g/mol. The van der Waals surface area contributed by atoms with Crippen LogP contribution in [0.15, 0.2) is 22.8 Å². The SMILES string of the molecule is O=C(NCCCO)[C@@H]1CC(Nc2cnc3ccc(Br)c(O)c3n2)CCN1C(=O)O. The number of amides is 2. The van der Waals surface area contributed by atoms with E-state index in [2.05, 4.69) is 36.5 Å². The molecule has 0 bridgehead atoms. The van der Waals surface area contributed by atoms with Gasteiger partial charge in [-0.05, 0) is 47.3 Å². The summed E-state index contributed by atoms with van der Waals surface area (Å²) < 4.78 is 0.505. The molecule has 156 valence electrons. The number of carbonyl (C=O) groups is 2. The highest BCUT2D eigenvalue weighted by Gasteiger charge is 2.36. The molecule has 11 heteroatoms. The lowest BCUT2D eigenvalue weighted by atomic mass is 9.96. The number of aliphatic hydroxyl groups is 1. The summed E-state index contributed by atoms with van der Waals surface area (Å²) in [7, 11) is 0. The minimum atomic E-state index is -1.15. The Hall–Kier alpha value is -2.66. The number of halogens is 1. The van der Waals surface area contributed by atoms with E-state index in [-0.39, 0.29) is 37.9 Å². The van der Waals surface area contributed by atoms with E-state index in [4.69, 9.17) is 5.11 Å². The maximum atomic E-state index is 12.5. The van der Waals surface area contributed by atoms with Gasteiger partial charge in [0.1, 0.15) is 17.4 Å². The number of aromatic nitrogens is 2. The van der Waals surface area contributed by atoms with Crippen LogP contribution in [0.3, 0.4) is 0 Å². The van der Waals surface area contributed by atoms with E-state index in [0.29, 0.717) is 34.2 Å². The number of carboxylic acid groups (broad SMARTS) is 1. The number of rotatable bonds is 6. The molecule has 3 rings (SSSR count). The summed E-state index contributed by atoms with van der Waals surface area (Å²) >= 11 is 3.25. The van der Waals surface area contributed by atoms with E-state index in [1.165, 1.54) is 6.20 Å². The summed E-state index contributed by atoms with van der Waals surface area (Å²) in [6.07, 6.45) is 1.55. The number of phenolic OH excluding ortho intramolecular Hbond substituents is 1. The molecule has 1 aromatic carbocycles. The topological polar surface area (TPSA) is 148 Å². The van der Waals surface area contributed by atoms with Crippen molar-refractivity contribution in [3.8, 4) is 5.75 Å². The number of hydrogen-bond acceptors (Lipinski definition) is 7. The molecule has 5 N–H and O–H groups in total. The molecule has 1 aliphatic rings. The van der Waals surface area contributed by atoms with Crippen molar-refractivity contribution < 1.29 is 24.9 Å². The summed E-state index contributed by atoms with van der Waals surface area (Å²) in [5, 5.41) is 34.3. The smallest absolute Gasteiger partial charge is 0.407 e. The van der Waals surface area contributed by atoms with E-state index in [9.17, 15) is 19.8 Å². The number of phenols is 1. The molecule has 1 aromatic heterocycles. The highest BCUT2D eigenvalue weighted by Crippen LogP contribution is 2.31. The lowest BCUT2D eigenvalue weighted by Gasteiger charge is -2.37. The molecule has 1 aliphatic heterocycles. The molecule has 2 atom stereocenters. The van der Waals surface area contributed by atoms with Crippen LogP contribution in [0.5, 0.6) is 5.75 Å². The van der Waals surface area contributed by atoms with Gasteiger partial charge in [0, 0.05) is 25.7 Å². The predicted molar refractivity (Wildman–Crippen MR) is 109 cm³/mol. The molecule has 2 aromatic rings. The fourth-order valence-electron chi connectivity index (χ4n) is 3.30. The number of piperidine rings is 1. The largest absolute Gasteiger partial charge is 0.504 e. The van der Waals surface area contributed by atoms with Crippen LogP contribution in [0, 0.1) is 0 Å². The average Bonchev–Trinajstić information content (AvgIpc) is 2.71. The Kier molecular flexibility index (Phi) is 6.70. The van der Waals surface area contributed by atoms with E-state index >= 15 is 0 Å². The Bertz CT molecular complexity index is 912. The van der Waals surface area contributed by atoms with Gasteiger partial charge in [-0.1, -0.05) is 0 Å². The number of anilines is 1. The Labute approximate surface area is 175 Å². The van der Waals surface area contributed by atoms with Gasteiger partial charge in [-0.2, -0.15) is 0 Å². The highest BCUT2D eigenvalue weighted by atomic mass is 79.9. The fraction of sp³-hybridized carbons (Fsp3) is 0.444. The van der Waals surface area contributed by atoms with Crippen LogP contribution in [0.4, 0.5) is 10.6 Å². The first-order valence-corrected chi connectivity index (χ1v) is 9.99. The van der Waals surface area contributed by atoms with Crippen molar-refractivity contribution in [1.82, 2.24) is 20.2 Å². The van der Waals surface area contributed by atoms with Crippen LogP contribution < -0.4 is 10.6 Å². The molecular formula is C18H22BrN5O5. The maximum Gasteiger partial charge on any atom is 0.407 e. The molecule has 0 spiro atoms. The number of carbonyl (C=O) groups excluding carboxylic acids is 1. The van der Waals surface area contributed by atoms with Gasteiger partial charge in [0.15, 0.2) is 5.75 Å². The molecule has 1 saturated heterocycles. The van der Waals surface area contributed by atoms with Crippen molar-refractivity contribution in [2.45, 2.75) is 31.3 Å². The Balaban J connectivity index is 1.74. The second-order valence-electron chi connectivity index (χ2n) is 6.74. The molecule has 0 radical (unpaired) electrons. The molecule has 29 heavy (non-hydrogen) atoms. The lowest BCUT2D eigenvalue weighted by molar-refractivity contribution is -0.127. The quantitative estimate of drug-likeness (QED) is 0.401. The molecule has 1 fully saturated rings. The molecule has 2 amide bonds. The van der Waals surface area contributed by atoms with Crippen LogP contribution in [0.1, 0.15) is 19.3 Å². The summed E-state index contributed by atoms with van der Waals surface area (Å²) in [4.78, 5) is 33.8. The van der Waals surface area contributed by atoms with Crippen molar-refractivity contribution in [2.75, 3.05) is 25.0 Å². The number of hydrogen-bond donors (Lipinski definition) is 5. The van der Waals surface area contributed by atoms with Gasteiger partial charge < -0.3 is 26.0 Å². The fourth-order valence-corrected chi connectivity index (χ4v) is 3.62. The first-order chi connectivity index (χ1) is 13.9. The third kappa shape index (κ3) is 4.85. The normalized spacial score (nSPS) is 19.2. The zero-order chi connectivity index (χ0) is 21.0. The third-order valence-electron chi connectivity index (χ3n) is 4.78. The lowest BCUT2D eigenvalue weighted by Crippen LogP contribution is -2.55. The second kappa shape index (κ2) is 9.23. The van der Waals surface area contributed by atoms with Gasteiger partial charge in [-0.15, -0.1) is 0 Å². The highest BCUT2D eigenvalue weighted by molar-refractivity contribution is 9.10.